The maximum atomic E-state index is 11.6. The highest BCUT2D eigenvalue weighted by Gasteiger charge is 2.27. The monoisotopic (exact) mass is 288 g/mol. The lowest BCUT2D eigenvalue weighted by molar-refractivity contribution is -0.156. The van der Waals surface area contributed by atoms with E-state index in [1.165, 1.54) is 6.92 Å². The molecule has 0 spiro atoms. The third-order valence-electron chi connectivity index (χ3n) is 2.94. The number of ether oxygens (including phenoxy) is 2. The summed E-state index contributed by atoms with van der Waals surface area (Å²) in [5.74, 6) is -0.442. The summed E-state index contributed by atoms with van der Waals surface area (Å²) in [5, 5.41) is 11.4. The summed E-state index contributed by atoms with van der Waals surface area (Å²) in [6, 6.07) is 8.58. The fourth-order valence-corrected chi connectivity index (χ4v) is 1.60. The van der Waals surface area contributed by atoms with E-state index in [4.69, 9.17) is 14.7 Å². The van der Waals surface area contributed by atoms with Crippen LogP contribution in [0.25, 0.3) is 0 Å². The molecule has 0 aliphatic heterocycles. The molecule has 1 aromatic carbocycles. The maximum Gasteiger partial charge on any atom is 0.344 e. The summed E-state index contributed by atoms with van der Waals surface area (Å²) in [6.45, 7) is 1.24. The van der Waals surface area contributed by atoms with Gasteiger partial charge < -0.3 is 14.8 Å². The van der Waals surface area contributed by atoms with Crippen LogP contribution in [0.15, 0.2) is 24.3 Å². The zero-order valence-corrected chi connectivity index (χ0v) is 11.7. The van der Waals surface area contributed by atoms with Crippen LogP contribution >= 0.6 is 0 Å². The van der Waals surface area contributed by atoms with Crippen LogP contribution in [0.1, 0.15) is 25.3 Å². The Labute approximate surface area is 122 Å². The van der Waals surface area contributed by atoms with Crippen LogP contribution in [0.3, 0.4) is 0 Å². The van der Waals surface area contributed by atoms with Gasteiger partial charge >= 0.3 is 5.97 Å². The van der Waals surface area contributed by atoms with Crippen LogP contribution in [0, 0.1) is 11.3 Å². The summed E-state index contributed by atoms with van der Waals surface area (Å²) in [7, 11) is 0. The van der Waals surface area contributed by atoms with E-state index in [1.54, 1.807) is 24.3 Å². The van der Waals surface area contributed by atoms with E-state index in [0.29, 0.717) is 11.3 Å². The van der Waals surface area contributed by atoms with Crippen molar-refractivity contribution < 1.29 is 19.1 Å². The lowest BCUT2D eigenvalue weighted by atomic mass is 10.2. The highest BCUT2D eigenvalue weighted by atomic mass is 16.6. The van der Waals surface area contributed by atoms with Gasteiger partial charge in [-0.15, -0.1) is 0 Å². The van der Waals surface area contributed by atoms with Crippen molar-refractivity contribution in [1.29, 1.82) is 5.26 Å². The number of rotatable bonds is 6. The van der Waals surface area contributed by atoms with Crippen molar-refractivity contribution >= 4 is 11.9 Å². The molecule has 1 saturated carbocycles. The van der Waals surface area contributed by atoms with Gasteiger partial charge in [-0.1, -0.05) is 0 Å². The van der Waals surface area contributed by atoms with Crippen LogP contribution in [0.2, 0.25) is 0 Å². The summed E-state index contributed by atoms with van der Waals surface area (Å²) in [5.41, 5.74) is 0.510. The van der Waals surface area contributed by atoms with Gasteiger partial charge in [0.1, 0.15) is 5.75 Å². The van der Waals surface area contributed by atoms with Crippen molar-refractivity contribution in [2.75, 3.05) is 6.61 Å². The smallest absolute Gasteiger partial charge is 0.344 e. The Morgan fingerprint density at radius 1 is 1.38 bits per heavy atom. The van der Waals surface area contributed by atoms with Gasteiger partial charge in [0.2, 0.25) is 0 Å². The predicted molar refractivity (Wildman–Crippen MR) is 73.4 cm³/mol. The average Bonchev–Trinajstić information content (AvgIpc) is 3.29. The molecule has 110 valence electrons. The Morgan fingerprint density at radius 3 is 2.62 bits per heavy atom. The van der Waals surface area contributed by atoms with Crippen LogP contribution < -0.4 is 10.1 Å². The van der Waals surface area contributed by atoms with Gasteiger partial charge in [-0.05, 0) is 44.0 Å². The highest BCUT2D eigenvalue weighted by Crippen LogP contribution is 2.18. The molecule has 1 aliphatic carbocycles. The standard InChI is InChI=1S/C15H16N2O4/c1-10(15(19)17-12-4-5-12)21-14(18)9-20-13-6-2-11(8-16)3-7-13/h2-3,6-7,10,12H,4-5,9H2,1H3,(H,17,19)/t10-/m0/s1. The average molecular weight is 288 g/mol. The fraction of sp³-hybridized carbons (Fsp3) is 0.400. The molecular weight excluding hydrogens is 272 g/mol. The Bertz CT molecular complexity index is 558. The van der Waals surface area contributed by atoms with E-state index in [0.717, 1.165) is 12.8 Å². The minimum absolute atomic E-state index is 0.230. The van der Waals surface area contributed by atoms with E-state index >= 15 is 0 Å². The second-order valence-corrected chi connectivity index (χ2v) is 4.84. The number of hydrogen-bond donors (Lipinski definition) is 1. The van der Waals surface area contributed by atoms with E-state index in [-0.39, 0.29) is 18.6 Å². The molecule has 1 aliphatic rings. The molecule has 0 saturated heterocycles. The number of nitrogens with one attached hydrogen (secondary N) is 1. The molecule has 2 rings (SSSR count). The lowest BCUT2D eigenvalue weighted by Gasteiger charge is -2.13. The SMILES string of the molecule is C[C@H](OC(=O)COc1ccc(C#N)cc1)C(=O)NC1CC1. The van der Waals surface area contributed by atoms with Gasteiger partial charge in [0, 0.05) is 6.04 Å². The first-order chi connectivity index (χ1) is 10.1. The topological polar surface area (TPSA) is 88.4 Å². The van der Waals surface area contributed by atoms with E-state index < -0.39 is 12.1 Å². The van der Waals surface area contributed by atoms with Crippen molar-refractivity contribution in [1.82, 2.24) is 5.32 Å². The van der Waals surface area contributed by atoms with Gasteiger partial charge in [0.05, 0.1) is 11.6 Å². The number of esters is 1. The summed E-state index contributed by atoms with van der Waals surface area (Å²) in [4.78, 5) is 23.2. The highest BCUT2D eigenvalue weighted by molar-refractivity contribution is 5.84. The normalized spacial score (nSPS) is 14.7. The molecule has 0 radical (unpaired) electrons. The molecule has 1 atom stereocenters. The number of benzene rings is 1. The predicted octanol–water partition coefficient (Wildman–Crippen LogP) is 1.15. The first-order valence-corrected chi connectivity index (χ1v) is 6.71. The molecule has 1 amide bonds. The molecule has 1 fully saturated rings. The number of nitrogens with zero attached hydrogens (tertiary/aromatic N) is 1. The quantitative estimate of drug-likeness (QED) is 0.793. The Kier molecular flexibility index (Phi) is 4.77. The first kappa shape index (κ1) is 14.9. The van der Waals surface area contributed by atoms with Crippen molar-refractivity contribution in [3.05, 3.63) is 29.8 Å². The third kappa shape index (κ3) is 4.80. The molecule has 6 nitrogen and oxygen atoms in total. The Hall–Kier alpha value is -2.55. The van der Waals surface area contributed by atoms with Gasteiger partial charge in [0.25, 0.3) is 5.91 Å². The van der Waals surface area contributed by atoms with Gasteiger partial charge in [-0.2, -0.15) is 5.26 Å². The second-order valence-electron chi connectivity index (χ2n) is 4.84. The van der Waals surface area contributed by atoms with E-state index in [9.17, 15) is 9.59 Å². The number of carbonyl (C=O) groups is 2. The van der Waals surface area contributed by atoms with Crippen molar-refractivity contribution in [3.8, 4) is 11.8 Å². The van der Waals surface area contributed by atoms with E-state index in [1.807, 2.05) is 6.07 Å². The zero-order chi connectivity index (χ0) is 15.2. The van der Waals surface area contributed by atoms with Gasteiger partial charge in [-0.3, -0.25) is 4.79 Å². The minimum Gasteiger partial charge on any atom is -0.482 e. The third-order valence-corrected chi connectivity index (χ3v) is 2.94. The molecule has 0 aromatic heterocycles. The van der Waals surface area contributed by atoms with Crippen molar-refractivity contribution in [2.45, 2.75) is 31.9 Å². The number of carbonyl (C=O) groups excluding carboxylic acids is 2. The number of hydrogen-bond acceptors (Lipinski definition) is 5. The van der Waals surface area contributed by atoms with Crippen molar-refractivity contribution in [3.63, 3.8) is 0 Å². The molecule has 0 bridgehead atoms. The molecule has 0 heterocycles. The lowest BCUT2D eigenvalue weighted by Crippen LogP contribution is -2.37. The first-order valence-electron chi connectivity index (χ1n) is 6.71. The van der Waals surface area contributed by atoms with E-state index in [2.05, 4.69) is 5.32 Å². The summed E-state index contributed by atoms with van der Waals surface area (Å²) < 4.78 is 10.2. The molecule has 6 heteroatoms. The Morgan fingerprint density at radius 2 is 2.05 bits per heavy atom. The van der Waals surface area contributed by atoms with Gasteiger partial charge in [-0.25, -0.2) is 4.79 Å². The number of amides is 1. The number of nitriles is 1. The Balaban J connectivity index is 1.73. The fourth-order valence-electron chi connectivity index (χ4n) is 1.60. The molecular formula is C15H16N2O4. The summed E-state index contributed by atoms with van der Waals surface area (Å²) >= 11 is 0. The van der Waals surface area contributed by atoms with Crippen LogP contribution in [-0.4, -0.2) is 30.6 Å². The largest absolute Gasteiger partial charge is 0.482 e. The zero-order valence-electron chi connectivity index (χ0n) is 11.7. The minimum atomic E-state index is -0.831. The second kappa shape index (κ2) is 6.75. The van der Waals surface area contributed by atoms with Gasteiger partial charge in [0.15, 0.2) is 12.7 Å². The van der Waals surface area contributed by atoms with Crippen LogP contribution in [0.5, 0.6) is 5.75 Å². The van der Waals surface area contributed by atoms with Crippen molar-refractivity contribution in [2.24, 2.45) is 0 Å². The molecule has 0 unspecified atom stereocenters. The molecule has 1 aromatic rings. The summed E-state index contributed by atoms with van der Waals surface area (Å²) in [6.07, 6.45) is 1.13. The molecule has 1 N–H and O–H groups in total. The van der Waals surface area contributed by atoms with Crippen LogP contribution in [0.4, 0.5) is 0 Å². The maximum absolute atomic E-state index is 11.6. The molecule has 21 heavy (non-hydrogen) atoms. The van der Waals surface area contributed by atoms with Crippen LogP contribution in [-0.2, 0) is 14.3 Å².